The summed E-state index contributed by atoms with van der Waals surface area (Å²) in [5.74, 6) is 0. The summed E-state index contributed by atoms with van der Waals surface area (Å²) in [6.45, 7) is 5.65. The van der Waals surface area contributed by atoms with Crippen molar-refractivity contribution in [1.82, 2.24) is 0 Å². The predicted molar refractivity (Wildman–Crippen MR) is 66.9 cm³/mol. The van der Waals surface area contributed by atoms with Crippen molar-refractivity contribution in [3.63, 3.8) is 0 Å². The molecule has 0 amide bonds. The molecular formula is C11H23F3O4Si. The highest BCUT2D eigenvalue weighted by Crippen LogP contribution is 2.19. The Labute approximate surface area is 113 Å². The summed E-state index contributed by atoms with van der Waals surface area (Å²) in [5, 5.41) is 0. The molecule has 0 bridgehead atoms. The van der Waals surface area contributed by atoms with Gasteiger partial charge in [-0.1, -0.05) is 0 Å². The third-order valence-electron chi connectivity index (χ3n) is 2.13. The molecule has 0 aromatic heterocycles. The van der Waals surface area contributed by atoms with Crippen LogP contribution >= 0.6 is 0 Å². The van der Waals surface area contributed by atoms with E-state index in [2.05, 4.69) is 4.74 Å². The summed E-state index contributed by atoms with van der Waals surface area (Å²) in [7, 11) is -2.75. The van der Waals surface area contributed by atoms with Crippen molar-refractivity contribution in [2.24, 2.45) is 0 Å². The van der Waals surface area contributed by atoms with Crippen LogP contribution < -0.4 is 0 Å². The van der Waals surface area contributed by atoms with Crippen LogP contribution in [0.1, 0.15) is 27.2 Å². The molecule has 8 heteroatoms. The van der Waals surface area contributed by atoms with Gasteiger partial charge >= 0.3 is 15.0 Å². The summed E-state index contributed by atoms with van der Waals surface area (Å²) >= 11 is 0. The highest BCUT2D eigenvalue weighted by molar-refractivity contribution is 6.60. The fraction of sp³-hybridized carbons (Fsp3) is 1.00. The summed E-state index contributed by atoms with van der Waals surface area (Å²) in [6.07, 6.45) is -3.86. The summed E-state index contributed by atoms with van der Waals surface area (Å²) in [4.78, 5) is 0. The highest BCUT2D eigenvalue weighted by atomic mass is 28.4. The molecule has 4 nitrogen and oxygen atoms in total. The van der Waals surface area contributed by atoms with Gasteiger partial charge in [0.1, 0.15) is 6.61 Å². The molecule has 0 atom stereocenters. The van der Waals surface area contributed by atoms with Gasteiger partial charge in [-0.05, 0) is 27.2 Å². The van der Waals surface area contributed by atoms with E-state index in [0.29, 0.717) is 32.3 Å². The first-order chi connectivity index (χ1) is 8.89. The molecule has 0 aromatic rings. The predicted octanol–water partition coefficient (Wildman–Crippen LogP) is 3.00. The Hall–Kier alpha value is -0.153. The number of halogens is 3. The molecule has 0 heterocycles. The van der Waals surface area contributed by atoms with Gasteiger partial charge in [0.15, 0.2) is 0 Å². The van der Waals surface area contributed by atoms with E-state index in [1.807, 2.05) is 20.8 Å². The van der Waals surface area contributed by atoms with Crippen LogP contribution in [0.5, 0.6) is 0 Å². The van der Waals surface area contributed by atoms with Crippen molar-refractivity contribution < 1.29 is 31.2 Å². The second-order valence-electron chi connectivity index (χ2n) is 3.75. The Bertz CT molecular complexity index is 209. The minimum Gasteiger partial charge on any atom is -0.374 e. The van der Waals surface area contributed by atoms with Gasteiger partial charge in [-0.2, -0.15) is 13.2 Å². The third kappa shape index (κ3) is 9.39. The van der Waals surface area contributed by atoms with Crippen LogP contribution in [0.2, 0.25) is 6.04 Å². The highest BCUT2D eigenvalue weighted by Gasteiger charge is 2.39. The van der Waals surface area contributed by atoms with E-state index in [9.17, 15) is 13.2 Å². The van der Waals surface area contributed by atoms with Crippen molar-refractivity contribution in [3.8, 4) is 0 Å². The van der Waals surface area contributed by atoms with Crippen molar-refractivity contribution in [3.05, 3.63) is 0 Å². The smallest absolute Gasteiger partial charge is 0.374 e. The molecule has 0 saturated heterocycles. The summed E-state index contributed by atoms with van der Waals surface area (Å²) in [5.41, 5.74) is 0. The van der Waals surface area contributed by atoms with Crippen LogP contribution in [0.3, 0.4) is 0 Å². The quantitative estimate of drug-likeness (QED) is 0.434. The van der Waals surface area contributed by atoms with Gasteiger partial charge in [0.25, 0.3) is 0 Å². The molecule has 0 aliphatic carbocycles. The topological polar surface area (TPSA) is 36.9 Å². The fourth-order valence-corrected chi connectivity index (χ4v) is 4.16. The number of alkyl halides is 3. The molecule has 0 radical (unpaired) electrons. The Morgan fingerprint density at radius 2 is 1.37 bits per heavy atom. The van der Waals surface area contributed by atoms with Gasteiger partial charge in [0.2, 0.25) is 0 Å². The molecule has 0 spiro atoms. The molecule has 0 unspecified atom stereocenters. The Morgan fingerprint density at radius 3 is 1.74 bits per heavy atom. The number of hydrogen-bond acceptors (Lipinski definition) is 4. The van der Waals surface area contributed by atoms with Crippen LogP contribution in [0.15, 0.2) is 0 Å². The van der Waals surface area contributed by atoms with Crippen molar-refractivity contribution in [2.45, 2.75) is 39.4 Å². The lowest BCUT2D eigenvalue weighted by Crippen LogP contribution is -2.46. The van der Waals surface area contributed by atoms with E-state index in [1.165, 1.54) is 0 Å². The SMILES string of the molecule is CCO[Si](CCCOCC(F)(F)F)(OCC)OCC. The van der Waals surface area contributed by atoms with Crippen LogP contribution in [0.4, 0.5) is 13.2 Å². The maximum atomic E-state index is 11.9. The second-order valence-corrected chi connectivity index (χ2v) is 6.49. The molecule has 0 aliphatic rings. The molecular weight excluding hydrogens is 281 g/mol. The Kier molecular flexibility index (Phi) is 9.63. The average molecular weight is 304 g/mol. The minimum absolute atomic E-state index is 0.0154. The summed E-state index contributed by atoms with van der Waals surface area (Å²) in [6, 6.07) is 0.459. The van der Waals surface area contributed by atoms with E-state index < -0.39 is 21.6 Å². The van der Waals surface area contributed by atoms with Crippen LogP contribution in [-0.2, 0) is 18.0 Å². The normalized spacial score (nSPS) is 12.9. The fourth-order valence-electron chi connectivity index (χ4n) is 1.58. The second kappa shape index (κ2) is 9.70. The number of ether oxygens (including phenoxy) is 1. The molecule has 0 N–H and O–H groups in total. The molecule has 116 valence electrons. The van der Waals surface area contributed by atoms with E-state index >= 15 is 0 Å². The zero-order valence-corrected chi connectivity index (χ0v) is 12.7. The largest absolute Gasteiger partial charge is 0.501 e. The standard InChI is InChI=1S/C11H23F3O4Si/c1-4-16-19(17-5-2,18-6-3)9-7-8-15-10-11(12,13)14/h4-10H2,1-3H3. The minimum atomic E-state index is -4.28. The van der Waals surface area contributed by atoms with Crippen molar-refractivity contribution >= 4 is 8.80 Å². The van der Waals surface area contributed by atoms with Gasteiger partial charge in [0.05, 0.1) is 0 Å². The zero-order valence-electron chi connectivity index (χ0n) is 11.7. The first-order valence-corrected chi connectivity index (χ1v) is 8.38. The molecule has 0 rings (SSSR count). The van der Waals surface area contributed by atoms with Crippen molar-refractivity contribution in [1.29, 1.82) is 0 Å². The van der Waals surface area contributed by atoms with Gasteiger partial charge in [0, 0.05) is 32.5 Å². The van der Waals surface area contributed by atoms with Crippen LogP contribution in [0, 0.1) is 0 Å². The average Bonchev–Trinajstić information content (AvgIpc) is 2.28. The van der Waals surface area contributed by atoms with Gasteiger partial charge in [-0.25, -0.2) is 0 Å². The lowest BCUT2D eigenvalue weighted by Gasteiger charge is -2.28. The molecule has 0 fully saturated rings. The van der Waals surface area contributed by atoms with E-state index in [4.69, 9.17) is 13.3 Å². The molecule has 0 saturated carbocycles. The van der Waals surface area contributed by atoms with Crippen LogP contribution in [-0.4, -0.2) is 48.0 Å². The summed E-state index contributed by atoms with van der Waals surface area (Å²) < 4.78 is 56.9. The Morgan fingerprint density at radius 1 is 0.895 bits per heavy atom. The first kappa shape index (κ1) is 18.8. The Balaban J connectivity index is 4.10. The first-order valence-electron chi connectivity index (χ1n) is 6.45. The lowest BCUT2D eigenvalue weighted by atomic mass is 10.5. The van der Waals surface area contributed by atoms with Gasteiger partial charge < -0.3 is 18.0 Å². The third-order valence-corrected chi connectivity index (χ3v) is 5.28. The van der Waals surface area contributed by atoms with Crippen LogP contribution in [0.25, 0.3) is 0 Å². The molecule has 19 heavy (non-hydrogen) atoms. The lowest BCUT2D eigenvalue weighted by molar-refractivity contribution is -0.173. The monoisotopic (exact) mass is 304 g/mol. The van der Waals surface area contributed by atoms with E-state index in [-0.39, 0.29) is 6.61 Å². The molecule has 0 aromatic carbocycles. The van der Waals surface area contributed by atoms with Gasteiger partial charge in [-0.15, -0.1) is 0 Å². The van der Waals surface area contributed by atoms with Crippen molar-refractivity contribution in [2.75, 3.05) is 33.0 Å². The maximum absolute atomic E-state index is 11.9. The number of hydrogen-bond donors (Lipinski definition) is 0. The number of rotatable bonds is 11. The molecule has 0 aliphatic heterocycles. The van der Waals surface area contributed by atoms with E-state index in [0.717, 1.165) is 0 Å². The zero-order chi connectivity index (χ0) is 14.8. The van der Waals surface area contributed by atoms with E-state index in [1.54, 1.807) is 0 Å². The maximum Gasteiger partial charge on any atom is 0.501 e. The van der Waals surface area contributed by atoms with Gasteiger partial charge in [-0.3, -0.25) is 0 Å².